The zero-order valence-corrected chi connectivity index (χ0v) is 9.33. The van der Waals surface area contributed by atoms with Crippen LogP contribution in [0.15, 0.2) is 17.3 Å². The van der Waals surface area contributed by atoms with E-state index in [0.717, 1.165) is 13.3 Å². The van der Waals surface area contributed by atoms with Gasteiger partial charge in [0, 0.05) is 11.8 Å². The Hall–Kier alpha value is -1.85. The molecule has 1 aromatic heterocycles. The minimum absolute atomic E-state index is 0.319. The third kappa shape index (κ3) is 1.79. The van der Waals surface area contributed by atoms with Gasteiger partial charge in [0.15, 0.2) is 0 Å². The Kier molecular flexibility index (Phi) is 2.65. The van der Waals surface area contributed by atoms with Crippen LogP contribution in [-0.4, -0.2) is 23.8 Å². The predicted molar refractivity (Wildman–Crippen MR) is 56.1 cm³/mol. The average molecular weight is 240 g/mol. The number of fused-ring (bicyclic) bond motifs is 1. The molecular weight excluding hydrogens is 230 g/mol. The van der Waals surface area contributed by atoms with Crippen LogP contribution in [0.1, 0.15) is 23.7 Å². The summed E-state index contributed by atoms with van der Waals surface area (Å²) < 4.78 is 31.2. The Bertz CT molecular complexity index is 512. The summed E-state index contributed by atoms with van der Waals surface area (Å²) in [4.78, 5) is 19.0. The topological polar surface area (TPSA) is 51.5 Å². The lowest BCUT2D eigenvalue weighted by Gasteiger charge is -2.14. The Morgan fingerprint density at radius 1 is 1.53 bits per heavy atom. The first-order valence-corrected chi connectivity index (χ1v) is 4.94. The fourth-order valence-corrected chi connectivity index (χ4v) is 1.65. The summed E-state index contributed by atoms with van der Waals surface area (Å²) in [6, 6.07) is 1.25. The molecule has 0 amide bonds. The number of carbonyl (C=O) groups is 1. The molecule has 17 heavy (non-hydrogen) atoms. The molecule has 0 unspecified atom stereocenters. The van der Waals surface area contributed by atoms with Gasteiger partial charge >= 0.3 is 11.9 Å². The lowest BCUT2D eigenvalue weighted by Crippen LogP contribution is -2.27. The highest BCUT2D eigenvalue weighted by Gasteiger charge is 2.43. The maximum Gasteiger partial charge on any atom is 0.381 e. The molecule has 0 saturated heterocycles. The van der Waals surface area contributed by atoms with Gasteiger partial charge in [-0.2, -0.15) is 8.78 Å². The molecule has 0 spiro atoms. The van der Waals surface area contributed by atoms with Gasteiger partial charge in [-0.25, -0.2) is 4.79 Å². The highest BCUT2D eigenvalue weighted by Crippen LogP contribution is 2.31. The van der Waals surface area contributed by atoms with Crippen LogP contribution in [0.4, 0.5) is 8.78 Å². The fourth-order valence-electron chi connectivity index (χ4n) is 1.65. The van der Waals surface area contributed by atoms with Gasteiger partial charge in [-0.15, -0.1) is 0 Å². The summed E-state index contributed by atoms with van der Waals surface area (Å²) in [5, 5.41) is 0. The number of hydrogen-bond acceptors (Lipinski definition) is 4. The molecule has 0 aromatic carbocycles. The number of aliphatic imine (C=N–C) groups is 1. The minimum atomic E-state index is -3.67. The number of methoxy groups -OCH3 is 1. The van der Waals surface area contributed by atoms with E-state index in [1.165, 1.54) is 6.07 Å². The molecule has 2 rings (SSSR count). The minimum Gasteiger partial charge on any atom is -0.464 e. The van der Waals surface area contributed by atoms with E-state index in [0.29, 0.717) is 23.5 Å². The van der Waals surface area contributed by atoms with Gasteiger partial charge in [-0.1, -0.05) is 0 Å². The molecule has 1 aliphatic heterocycles. The summed E-state index contributed by atoms with van der Waals surface area (Å²) in [6.07, 6.45) is 0.986. The summed E-state index contributed by atoms with van der Waals surface area (Å²) in [7, 11) is 0.921. The third-order valence-corrected chi connectivity index (χ3v) is 2.60. The maximum atomic E-state index is 13.6. The highest BCUT2D eigenvalue weighted by molar-refractivity contribution is 6.00. The molecule has 1 aliphatic rings. The lowest BCUT2D eigenvalue weighted by molar-refractivity contribution is -0.170. The SMILES string of the molecule is COC(=O)C(F)(F)c1cnc2c(c1)CN=C2C. The van der Waals surface area contributed by atoms with Crippen LogP contribution >= 0.6 is 0 Å². The van der Waals surface area contributed by atoms with E-state index in [4.69, 9.17) is 0 Å². The van der Waals surface area contributed by atoms with Gasteiger partial charge in [0.1, 0.15) is 0 Å². The predicted octanol–water partition coefficient (Wildman–Crippen LogP) is 1.67. The van der Waals surface area contributed by atoms with Crippen molar-refractivity contribution in [3.05, 3.63) is 29.1 Å². The molecule has 0 aliphatic carbocycles. The van der Waals surface area contributed by atoms with E-state index >= 15 is 0 Å². The van der Waals surface area contributed by atoms with Crippen molar-refractivity contribution in [2.45, 2.75) is 19.4 Å². The molecule has 0 bridgehead atoms. The van der Waals surface area contributed by atoms with Crippen molar-refractivity contribution in [1.29, 1.82) is 0 Å². The van der Waals surface area contributed by atoms with Crippen LogP contribution in [0.3, 0.4) is 0 Å². The first-order valence-electron chi connectivity index (χ1n) is 4.94. The number of esters is 1. The highest BCUT2D eigenvalue weighted by atomic mass is 19.3. The molecule has 0 atom stereocenters. The Morgan fingerprint density at radius 2 is 2.24 bits per heavy atom. The Labute approximate surface area is 96.3 Å². The smallest absolute Gasteiger partial charge is 0.381 e. The third-order valence-electron chi connectivity index (χ3n) is 2.60. The second kappa shape index (κ2) is 3.87. The van der Waals surface area contributed by atoms with Gasteiger partial charge in [0.05, 0.1) is 30.6 Å². The second-order valence-corrected chi connectivity index (χ2v) is 3.70. The number of aromatic nitrogens is 1. The lowest BCUT2D eigenvalue weighted by atomic mass is 10.1. The fraction of sp³-hybridized carbons (Fsp3) is 0.364. The van der Waals surface area contributed by atoms with E-state index in [9.17, 15) is 13.6 Å². The first-order chi connectivity index (χ1) is 7.96. The number of rotatable bonds is 2. The monoisotopic (exact) mass is 240 g/mol. The van der Waals surface area contributed by atoms with Gasteiger partial charge in [-0.3, -0.25) is 9.98 Å². The van der Waals surface area contributed by atoms with E-state index in [1.54, 1.807) is 6.92 Å². The molecule has 90 valence electrons. The van der Waals surface area contributed by atoms with Crippen LogP contribution in [0.2, 0.25) is 0 Å². The largest absolute Gasteiger partial charge is 0.464 e. The van der Waals surface area contributed by atoms with Gasteiger partial charge < -0.3 is 4.74 Å². The van der Waals surface area contributed by atoms with Crippen molar-refractivity contribution in [2.75, 3.05) is 7.11 Å². The number of hydrogen-bond donors (Lipinski definition) is 0. The number of ether oxygens (including phenoxy) is 1. The zero-order chi connectivity index (χ0) is 12.6. The van der Waals surface area contributed by atoms with Gasteiger partial charge in [0.2, 0.25) is 0 Å². The van der Waals surface area contributed by atoms with Crippen molar-refractivity contribution in [3.63, 3.8) is 0 Å². The van der Waals surface area contributed by atoms with Crippen LogP contribution in [0.25, 0.3) is 0 Å². The Balaban J connectivity index is 2.40. The number of carbonyl (C=O) groups excluding carboxylic acids is 1. The average Bonchev–Trinajstić information content (AvgIpc) is 2.69. The van der Waals surface area contributed by atoms with Crippen LogP contribution in [0, 0.1) is 0 Å². The van der Waals surface area contributed by atoms with Crippen molar-refractivity contribution in [3.8, 4) is 0 Å². The summed E-state index contributed by atoms with van der Waals surface area (Å²) in [5.74, 6) is -5.26. The van der Waals surface area contributed by atoms with E-state index in [2.05, 4.69) is 14.7 Å². The summed E-state index contributed by atoms with van der Waals surface area (Å²) >= 11 is 0. The summed E-state index contributed by atoms with van der Waals surface area (Å²) in [5.41, 5.74) is 1.46. The second-order valence-electron chi connectivity index (χ2n) is 3.70. The standard InChI is InChI=1S/C11H10F2N2O2/c1-6-9-7(4-14-6)3-8(5-15-9)11(12,13)10(16)17-2/h3,5H,4H2,1-2H3. The molecule has 0 fully saturated rings. The molecular formula is C11H10F2N2O2. The van der Waals surface area contributed by atoms with Crippen molar-refractivity contribution in [1.82, 2.24) is 4.98 Å². The number of alkyl halides is 2. The van der Waals surface area contributed by atoms with E-state index in [1.807, 2.05) is 0 Å². The Morgan fingerprint density at radius 3 is 2.88 bits per heavy atom. The molecule has 4 nitrogen and oxygen atoms in total. The molecule has 0 saturated carbocycles. The quantitative estimate of drug-likeness (QED) is 0.739. The molecule has 6 heteroatoms. The molecule has 1 aromatic rings. The van der Waals surface area contributed by atoms with E-state index in [-0.39, 0.29) is 0 Å². The van der Waals surface area contributed by atoms with Crippen molar-refractivity contribution >= 4 is 11.7 Å². The van der Waals surface area contributed by atoms with Crippen molar-refractivity contribution in [2.24, 2.45) is 4.99 Å². The van der Waals surface area contributed by atoms with Crippen molar-refractivity contribution < 1.29 is 18.3 Å². The van der Waals surface area contributed by atoms with Crippen LogP contribution in [0.5, 0.6) is 0 Å². The first kappa shape index (κ1) is 11.6. The normalized spacial score (nSPS) is 14.2. The molecule has 0 N–H and O–H groups in total. The zero-order valence-electron chi connectivity index (χ0n) is 9.33. The van der Waals surface area contributed by atoms with Gasteiger partial charge in [-0.05, 0) is 13.0 Å². The molecule has 2 heterocycles. The van der Waals surface area contributed by atoms with Gasteiger partial charge in [0.25, 0.3) is 0 Å². The number of nitrogens with zero attached hydrogens (tertiary/aromatic N) is 2. The van der Waals surface area contributed by atoms with Crippen LogP contribution in [-0.2, 0) is 22.0 Å². The van der Waals surface area contributed by atoms with Crippen LogP contribution < -0.4 is 0 Å². The maximum absolute atomic E-state index is 13.6. The number of pyridine rings is 1. The molecule has 0 radical (unpaired) electrons. The van der Waals surface area contributed by atoms with E-state index < -0.39 is 17.5 Å². The number of halogens is 2. The summed E-state index contributed by atoms with van der Waals surface area (Å²) in [6.45, 7) is 2.08.